The Balaban J connectivity index is 1.77. The molecule has 0 N–H and O–H groups in total. The van der Waals surface area contributed by atoms with Crippen LogP contribution in [0.5, 0.6) is 0 Å². The van der Waals surface area contributed by atoms with E-state index in [1.54, 1.807) is 4.90 Å². The summed E-state index contributed by atoms with van der Waals surface area (Å²) in [6, 6.07) is -0.653. The zero-order valence-corrected chi connectivity index (χ0v) is 15.4. The van der Waals surface area contributed by atoms with Gasteiger partial charge in [0.2, 0.25) is 0 Å². The molecule has 2 aliphatic rings. The zero-order valence-electron chi connectivity index (χ0n) is 15.4. The Hall–Kier alpha value is -1.99. The van der Waals surface area contributed by atoms with Gasteiger partial charge in [0.25, 0.3) is 0 Å². The van der Waals surface area contributed by atoms with Crippen LogP contribution in [-0.2, 0) is 19.0 Å². The largest absolute Gasteiger partial charge is 0.467 e. The van der Waals surface area contributed by atoms with E-state index in [-0.39, 0.29) is 12.7 Å². The first-order valence-corrected chi connectivity index (χ1v) is 8.70. The number of hydrogen-bond acceptors (Lipinski definition) is 6. The summed E-state index contributed by atoms with van der Waals surface area (Å²) in [5, 5.41) is 0. The van der Waals surface area contributed by atoms with Crippen LogP contribution in [-0.4, -0.2) is 72.9 Å². The maximum Gasteiger partial charge on any atom is 0.410 e. The minimum absolute atomic E-state index is 0.0442. The van der Waals surface area contributed by atoms with Crippen molar-refractivity contribution >= 4 is 18.2 Å². The third-order valence-corrected chi connectivity index (χ3v) is 4.49. The van der Waals surface area contributed by atoms with Gasteiger partial charge < -0.3 is 19.1 Å². The number of piperidine rings is 1. The normalized spacial score (nSPS) is 21.9. The molecule has 8 nitrogen and oxygen atoms in total. The summed E-state index contributed by atoms with van der Waals surface area (Å²) in [6.45, 7) is 7.34. The van der Waals surface area contributed by atoms with Crippen molar-refractivity contribution in [2.75, 3.05) is 33.4 Å². The van der Waals surface area contributed by atoms with Gasteiger partial charge in [-0.2, -0.15) is 0 Å². The lowest BCUT2D eigenvalue weighted by atomic mass is 9.93. The highest BCUT2D eigenvalue weighted by Gasteiger charge is 2.39. The Bertz CT molecular complexity index is 508. The van der Waals surface area contributed by atoms with Crippen molar-refractivity contribution in [2.24, 2.45) is 5.92 Å². The summed E-state index contributed by atoms with van der Waals surface area (Å²) >= 11 is 0. The minimum atomic E-state index is -0.653. The van der Waals surface area contributed by atoms with Crippen LogP contribution < -0.4 is 0 Å². The van der Waals surface area contributed by atoms with Crippen LogP contribution in [0.2, 0.25) is 0 Å². The van der Waals surface area contributed by atoms with Crippen LogP contribution in [0, 0.1) is 5.92 Å². The predicted octanol–water partition coefficient (Wildman–Crippen LogP) is 2.02. The minimum Gasteiger partial charge on any atom is -0.467 e. The first kappa shape index (κ1) is 19.3. The first-order chi connectivity index (χ1) is 11.7. The van der Waals surface area contributed by atoms with E-state index in [0.717, 1.165) is 19.3 Å². The summed E-state index contributed by atoms with van der Waals surface area (Å²) in [6.07, 6.45) is 1.72. The summed E-state index contributed by atoms with van der Waals surface area (Å²) in [5.74, 6) is -0.0593. The molecular weight excluding hydrogens is 328 g/mol. The van der Waals surface area contributed by atoms with Crippen molar-refractivity contribution in [3.8, 4) is 0 Å². The molecule has 2 saturated heterocycles. The highest BCUT2D eigenvalue weighted by atomic mass is 16.6. The number of esters is 1. The molecule has 0 saturated carbocycles. The van der Waals surface area contributed by atoms with E-state index in [1.165, 1.54) is 12.0 Å². The lowest BCUT2D eigenvalue weighted by molar-refractivity contribution is -0.145. The number of methoxy groups -OCH3 is 1. The van der Waals surface area contributed by atoms with Crippen molar-refractivity contribution in [1.29, 1.82) is 0 Å². The number of likely N-dealkylation sites (tertiary alicyclic amines) is 1. The third kappa shape index (κ3) is 5.24. The second-order valence-electron chi connectivity index (χ2n) is 7.51. The van der Waals surface area contributed by atoms with E-state index in [0.29, 0.717) is 25.6 Å². The van der Waals surface area contributed by atoms with E-state index >= 15 is 0 Å². The Morgan fingerprint density at radius 2 is 1.88 bits per heavy atom. The van der Waals surface area contributed by atoms with Crippen molar-refractivity contribution in [3.05, 3.63) is 0 Å². The molecule has 0 aromatic carbocycles. The van der Waals surface area contributed by atoms with Gasteiger partial charge in [0.05, 0.1) is 7.11 Å². The van der Waals surface area contributed by atoms with Gasteiger partial charge in [-0.05, 0) is 46.0 Å². The van der Waals surface area contributed by atoms with Gasteiger partial charge in [-0.1, -0.05) is 0 Å². The third-order valence-electron chi connectivity index (χ3n) is 4.49. The Kier molecular flexibility index (Phi) is 6.13. The fourth-order valence-corrected chi connectivity index (χ4v) is 3.08. The number of ether oxygens (including phenoxy) is 3. The number of hydrogen-bond donors (Lipinski definition) is 0. The molecule has 2 rings (SSSR count). The fraction of sp³-hybridized carbons (Fsp3) is 0.824. The van der Waals surface area contributed by atoms with Crippen LogP contribution in [0.15, 0.2) is 0 Å². The molecule has 8 heteroatoms. The zero-order chi connectivity index (χ0) is 18.6. The van der Waals surface area contributed by atoms with Gasteiger partial charge in [-0.15, -0.1) is 0 Å². The summed E-state index contributed by atoms with van der Waals surface area (Å²) < 4.78 is 15.1. The van der Waals surface area contributed by atoms with Crippen molar-refractivity contribution in [2.45, 2.75) is 51.7 Å². The summed E-state index contributed by atoms with van der Waals surface area (Å²) in [4.78, 5) is 38.7. The van der Waals surface area contributed by atoms with Crippen molar-refractivity contribution in [3.63, 3.8) is 0 Å². The maximum atomic E-state index is 12.1. The molecule has 2 heterocycles. The van der Waals surface area contributed by atoms with Crippen molar-refractivity contribution in [1.82, 2.24) is 9.80 Å². The molecule has 0 unspecified atom stereocenters. The number of cyclic esters (lactones) is 1. The quantitative estimate of drug-likeness (QED) is 0.566. The molecular formula is C17H28N2O6. The molecule has 0 spiro atoms. The van der Waals surface area contributed by atoms with Crippen molar-refractivity contribution < 1.29 is 28.6 Å². The van der Waals surface area contributed by atoms with Crippen LogP contribution >= 0.6 is 0 Å². The van der Waals surface area contributed by atoms with E-state index in [1.807, 2.05) is 20.8 Å². The number of nitrogens with zero attached hydrogens (tertiary/aromatic N) is 2. The monoisotopic (exact) mass is 356 g/mol. The number of amides is 2. The van der Waals surface area contributed by atoms with E-state index < -0.39 is 23.7 Å². The van der Waals surface area contributed by atoms with Gasteiger partial charge in [-0.3, -0.25) is 4.90 Å². The number of carbonyl (C=O) groups excluding carboxylic acids is 3. The van der Waals surface area contributed by atoms with E-state index in [4.69, 9.17) is 14.2 Å². The summed E-state index contributed by atoms with van der Waals surface area (Å²) in [5.41, 5.74) is -0.493. The first-order valence-electron chi connectivity index (χ1n) is 8.70. The standard InChI is InChI=1S/C17H28N2O6/c1-17(2,3)25-15(21)18-8-5-12(6-9-18)7-10-19-13(14(20)23-4)11-24-16(19)22/h12-13H,5-11H2,1-4H3/t13-/m0/s1. The molecule has 2 amide bonds. The highest BCUT2D eigenvalue weighted by molar-refractivity contribution is 5.84. The lowest BCUT2D eigenvalue weighted by Crippen LogP contribution is -2.43. The van der Waals surface area contributed by atoms with E-state index in [2.05, 4.69) is 0 Å². The maximum absolute atomic E-state index is 12.1. The SMILES string of the molecule is COC(=O)[C@@H]1COC(=O)N1CCC1CCN(C(=O)OC(C)(C)C)CC1. The molecule has 2 fully saturated rings. The molecule has 0 aromatic heterocycles. The van der Waals surface area contributed by atoms with Gasteiger partial charge in [0.15, 0.2) is 6.04 Å². The average molecular weight is 356 g/mol. The molecule has 25 heavy (non-hydrogen) atoms. The smallest absolute Gasteiger partial charge is 0.410 e. The highest BCUT2D eigenvalue weighted by Crippen LogP contribution is 2.24. The molecule has 0 aliphatic carbocycles. The topological polar surface area (TPSA) is 85.4 Å². The Labute approximate surface area is 148 Å². The second kappa shape index (κ2) is 7.93. The molecule has 0 aromatic rings. The number of rotatable bonds is 4. The van der Waals surface area contributed by atoms with E-state index in [9.17, 15) is 14.4 Å². The van der Waals surface area contributed by atoms with Gasteiger partial charge in [-0.25, -0.2) is 14.4 Å². The Morgan fingerprint density at radius 3 is 2.44 bits per heavy atom. The molecule has 1 atom stereocenters. The Morgan fingerprint density at radius 1 is 1.24 bits per heavy atom. The summed E-state index contributed by atoms with van der Waals surface area (Å²) in [7, 11) is 1.30. The van der Waals surface area contributed by atoms with Gasteiger partial charge in [0, 0.05) is 19.6 Å². The van der Waals surface area contributed by atoms with Crippen LogP contribution in [0.4, 0.5) is 9.59 Å². The molecule has 142 valence electrons. The predicted molar refractivity (Wildman–Crippen MR) is 89.0 cm³/mol. The van der Waals surface area contributed by atoms with Crippen LogP contribution in [0.1, 0.15) is 40.0 Å². The van der Waals surface area contributed by atoms with Crippen LogP contribution in [0.3, 0.4) is 0 Å². The molecule has 0 radical (unpaired) electrons. The van der Waals surface area contributed by atoms with Crippen LogP contribution in [0.25, 0.3) is 0 Å². The average Bonchev–Trinajstić information content (AvgIpc) is 2.92. The number of carbonyl (C=O) groups is 3. The van der Waals surface area contributed by atoms with Gasteiger partial charge >= 0.3 is 18.2 Å². The fourth-order valence-electron chi connectivity index (χ4n) is 3.08. The molecule has 0 bridgehead atoms. The lowest BCUT2D eigenvalue weighted by Gasteiger charge is -2.34. The second-order valence-corrected chi connectivity index (χ2v) is 7.51. The molecule has 2 aliphatic heterocycles. The van der Waals surface area contributed by atoms with Gasteiger partial charge in [0.1, 0.15) is 12.2 Å².